The number of nitrogens with one attached hydrogen (secondary N) is 2. The van der Waals surface area contributed by atoms with Crippen molar-refractivity contribution in [3.8, 4) is 0 Å². The third-order valence-electron chi connectivity index (χ3n) is 4.38. The van der Waals surface area contributed by atoms with Gasteiger partial charge in [-0.1, -0.05) is 0 Å². The number of rotatable bonds is 3. The molecule has 0 aliphatic carbocycles. The molecule has 1 aliphatic heterocycles. The third-order valence-corrected chi connectivity index (χ3v) is 4.38. The molecule has 0 unspecified atom stereocenters. The summed E-state index contributed by atoms with van der Waals surface area (Å²) < 4.78 is 3.54. The minimum atomic E-state index is -0.270. The Morgan fingerprint density at radius 3 is 2.78 bits per heavy atom. The molecule has 3 rings (SSSR count). The molecule has 2 aromatic heterocycles. The number of aryl methyl sites for hydroxylation is 3. The normalized spacial score (nSPS) is 21.1. The zero-order chi connectivity index (χ0) is 16.6. The zero-order valence-electron chi connectivity index (χ0n) is 13.5. The highest BCUT2D eigenvalue weighted by atomic mass is 16.2. The van der Waals surface area contributed by atoms with Gasteiger partial charge in [0.2, 0.25) is 5.91 Å². The lowest BCUT2D eigenvalue weighted by molar-refractivity contribution is -0.123. The van der Waals surface area contributed by atoms with Crippen LogP contribution in [0.1, 0.15) is 40.6 Å². The smallest absolute Gasteiger partial charge is 0.268 e. The molecule has 2 atom stereocenters. The van der Waals surface area contributed by atoms with Crippen LogP contribution in [0.25, 0.3) is 0 Å². The van der Waals surface area contributed by atoms with Crippen molar-refractivity contribution in [2.24, 2.45) is 14.1 Å². The van der Waals surface area contributed by atoms with Crippen LogP contribution in [0.3, 0.4) is 0 Å². The monoisotopic (exact) mass is 315 g/mol. The first-order chi connectivity index (χ1) is 11.0. The molecular formula is C16H21N5O2. The average molecular weight is 315 g/mol. The second kappa shape index (κ2) is 5.91. The highest BCUT2D eigenvalue weighted by Crippen LogP contribution is 2.24. The molecule has 122 valence electrons. The number of hydrogen-bond donors (Lipinski definition) is 2. The Labute approximate surface area is 134 Å². The standard InChI is InChI=1S/C16H21N5O2/c1-10-7-9-20(2)15(10)16(23)18-11-4-5-13(22)19-14(11)12-6-8-17-21(12)3/h6-9,11,14H,4-5H2,1-3H3,(H,18,23)(H,19,22)/t11-,14-/m1/s1. The van der Waals surface area contributed by atoms with Gasteiger partial charge in [-0.2, -0.15) is 5.10 Å². The molecule has 0 aromatic carbocycles. The molecule has 7 heteroatoms. The van der Waals surface area contributed by atoms with Crippen molar-refractivity contribution in [1.29, 1.82) is 0 Å². The maximum absolute atomic E-state index is 12.6. The molecule has 0 spiro atoms. The lowest BCUT2D eigenvalue weighted by Gasteiger charge is -2.33. The van der Waals surface area contributed by atoms with E-state index in [0.717, 1.165) is 11.3 Å². The van der Waals surface area contributed by atoms with Gasteiger partial charge >= 0.3 is 0 Å². The van der Waals surface area contributed by atoms with E-state index in [4.69, 9.17) is 0 Å². The molecule has 0 radical (unpaired) electrons. The van der Waals surface area contributed by atoms with Gasteiger partial charge in [0.1, 0.15) is 5.69 Å². The summed E-state index contributed by atoms with van der Waals surface area (Å²) in [4.78, 5) is 24.4. The van der Waals surface area contributed by atoms with Crippen LogP contribution in [0.5, 0.6) is 0 Å². The van der Waals surface area contributed by atoms with Gasteiger partial charge in [0.25, 0.3) is 5.91 Å². The Balaban J connectivity index is 1.84. The Morgan fingerprint density at radius 1 is 1.39 bits per heavy atom. The van der Waals surface area contributed by atoms with Crippen molar-refractivity contribution in [1.82, 2.24) is 25.0 Å². The van der Waals surface area contributed by atoms with Crippen LogP contribution >= 0.6 is 0 Å². The quantitative estimate of drug-likeness (QED) is 0.880. The van der Waals surface area contributed by atoms with Gasteiger partial charge in [0, 0.05) is 32.9 Å². The lowest BCUT2D eigenvalue weighted by atomic mass is 9.95. The molecule has 0 bridgehead atoms. The summed E-state index contributed by atoms with van der Waals surface area (Å²) in [7, 11) is 3.68. The van der Waals surface area contributed by atoms with E-state index in [1.807, 2.05) is 43.9 Å². The molecule has 2 N–H and O–H groups in total. The number of nitrogens with zero attached hydrogens (tertiary/aromatic N) is 3. The number of carbonyl (C=O) groups excluding carboxylic acids is 2. The fourth-order valence-corrected chi connectivity index (χ4v) is 3.16. The van der Waals surface area contributed by atoms with Crippen LogP contribution in [-0.2, 0) is 18.9 Å². The van der Waals surface area contributed by atoms with Crippen LogP contribution in [-0.4, -0.2) is 32.2 Å². The molecule has 1 saturated heterocycles. The number of amides is 2. The number of carbonyl (C=O) groups is 2. The summed E-state index contributed by atoms with van der Waals surface area (Å²) in [6.07, 6.45) is 4.57. The molecule has 2 aromatic rings. The summed E-state index contributed by atoms with van der Waals surface area (Å²) in [5.74, 6) is -0.125. The van der Waals surface area contributed by atoms with E-state index in [9.17, 15) is 9.59 Å². The molecule has 3 heterocycles. The maximum atomic E-state index is 12.6. The average Bonchev–Trinajstić information content (AvgIpc) is 3.07. The van der Waals surface area contributed by atoms with Gasteiger partial charge in [-0.25, -0.2) is 0 Å². The second-order valence-electron chi connectivity index (χ2n) is 6.00. The van der Waals surface area contributed by atoms with E-state index in [0.29, 0.717) is 18.5 Å². The van der Waals surface area contributed by atoms with E-state index < -0.39 is 0 Å². The first kappa shape index (κ1) is 15.3. The number of aromatic nitrogens is 3. The van der Waals surface area contributed by atoms with Crippen molar-refractivity contribution in [3.63, 3.8) is 0 Å². The van der Waals surface area contributed by atoms with Crippen LogP contribution in [0.4, 0.5) is 0 Å². The summed E-state index contributed by atoms with van der Waals surface area (Å²) >= 11 is 0. The zero-order valence-corrected chi connectivity index (χ0v) is 13.5. The van der Waals surface area contributed by atoms with E-state index >= 15 is 0 Å². The summed E-state index contributed by atoms with van der Waals surface area (Å²) in [5, 5.41) is 10.2. The lowest BCUT2D eigenvalue weighted by Crippen LogP contribution is -2.51. The first-order valence-corrected chi connectivity index (χ1v) is 7.67. The minimum absolute atomic E-state index is 0.00301. The van der Waals surface area contributed by atoms with E-state index in [1.54, 1.807) is 10.9 Å². The Bertz CT molecular complexity index is 726. The number of hydrogen-bond acceptors (Lipinski definition) is 3. The topological polar surface area (TPSA) is 81.0 Å². The van der Waals surface area contributed by atoms with E-state index in [-0.39, 0.29) is 23.9 Å². The van der Waals surface area contributed by atoms with Gasteiger partial charge in [-0.15, -0.1) is 0 Å². The summed E-state index contributed by atoms with van der Waals surface area (Å²) in [6.45, 7) is 1.91. The van der Waals surface area contributed by atoms with Crippen molar-refractivity contribution in [3.05, 3.63) is 41.5 Å². The largest absolute Gasteiger partial charge is 0.346 e. The molecule has 2 amide bonds. The fourth-order valence-electron chi connectivity index (χ4n) is 3.16. The van der Waals surface area contributed by atoms with Crippen molar-refractivity contribution in [2.75, 3.05) is 0 Å². The predicted molar refractivity (Wildman–Crippen MR) is 84.7 cm³/mol. The van der Waals surface area contributed by atoms with Crippen molar-refractivity contribution in [2.45, 2.75) is 31.8 Å². The fraction of sp³-hybridized carbons (Fsp3) is 0.438. The molecular weight excluding hydrogens is 294 g/mol. The van der Waals surface area contributed by atoms with Crippen molar-refractivity contribution >= 4 is 11.8 Å². The Morgan fingerprint density at radius 2 is 2.17 bits per heavy atom. The highest BCUT2D eigenvalue weighted by molar-refractivity contribution is 5.94. The van der Waals surface area contributed by atoms with Crippen LogP contribution in [0.15, 0.2) is 24.5 Å². The predicted octanol–water partition coefficient (Wildman–Crippen LogP) is 0.817. The van der Waals surface area contributed by atoms with Gasteiger partial charge < -0.3 is 15.2 Å². The Hall–Kier alpha value is -2.57. The van der Waals surface area contributed by atoms with Crippen LogP contribution in [0.2, 0.25) is 0 Å². The van der Waals surface area contributed by atoms with Crippen molar-refractivity contribution < 1.29 is 9.59 Å². The van der Waals surface area contributed by atoms with Gasteiger partial charge in [-0.05, 0) is 31.0 Å². The molecule has 1 aliphatic rings. The molecule has 0 saturated carbocycles. The SMILES string of the molecule is Cc1ccn(C)c1C(=O)N[C@@H]1CCC(=O)N[C@H]1c1ccnn1C. The Kier molecular flexibility index (Phi) is 3.94. The van der Waals surface area contributed by atoms with Crippen LogP contribution in [0, 0.1) is 6.92 Å². The number of piperidine rings is 1. The van der Waals surface area contributed by atoms with Gasteiger partial charge in [-0.3, -0.25) is 14.3 Å². The molecule has 23 heavy (non-hydrogen) atoms. The maximum Gasteiger partial charge on any atom is 0.268 e. The third kappa shape index (κ3) is 2.86. The summed E-state index contributed by atoms with van der Waals surface area (Å²) in [5.41, 5.74) is 2.46. The van der Waals surface area contributed by atoms with E-state index in [2.05, 4.69) is 15.7 Å². The second-order valence-corrected chi connectivity index (χ2v) is 6.00. The van der Waals surface area contributed by atoms with Gasteiger partial charge in [0.15, 0.2) is 0 Å². The first-order valence-electron chi connectivity index (χ1n) is 7.67. The van der Waals surface area contributed by atoms with Crippen LogP contribution < -0.4 is 10.6 Å². The molecule has 7 nitrogen and oxygen atoms in total. The highest BCUT2D eigenvalue weighted by Gasteiger charge is 2.33. The summed E-state index contributed by atoms with van der Waals surface area (Å²) in [6, 6.07) is 3.34. The van der Waals surface area contributed by atoms with Gasteiger partial charge in [0.05, 0.1) is 17.8 Å². The van der Waals surface area contributed by atoms with E-state index in [1.165, 1.54) is 0 Å². The minimum Gasteiger partial charge on any atom is -0.346 e. The molecule has 1 fully saturated rings.